The molecule has 1 amide bonds. The van der Waals surface area contributed by atoms with Gasteiger partial charge in [0.15, 0.2) is 18.1 Å². The van der Waals surface area contributed by atoms with E-state index in [1.54, 1.807) is 38.2 Å². The Labute approximate surface area is 155 Å². The summed E-state index contributed by atoms with van der Waals surface area (Å²) in [7, 11) is 3.13. The standard InChI is InChI=1S/C19H20N2O6/c1-10-6-15-18(19(24)21(10)2)12(8-17(23)27-15)11-4-5-13(14(7-11)25-3)26-9-16(20)22/h4-7,12H,8-9H2,1-3H3,(H2,20,22)/t12-/m0/s1. The van der Waals surface area contributed by atoms with Crippen LogP contribution < -0.4 is 25.5 Å². The molecule has 0 saturated heterocycles. The summed E-state index contributed by atoms with van der Waals surface area (Å²) in [4.78, 5) is 35.8. The monoisotopic (exact) mass is 372 g/mol. The van der Waals surface area contributed by atoms with Crippen molar-refractivity contribution in [2.75, 3.05) is 13.7 Å². The second-order valence-electron chi connectivity index (χ2n) is 6.32. The van der Waals surface area contributed by atoms with Crippen molar-refractivity contribution in [1.82, 2.24) is 4.57 Å². The molecule has 1 aromatic carbocycles. The number of nitrogens with zero attached hydrogens (tertiary/aromatic N) is 1. The zero-order valence-electron chi connectivity index (χ0n) is 15.3. The number of aromatic nitrogens is 1. The Morgan fingerprint density at radius 3 is 2.70 bits per heavy atom. The highest BCUT2D eigenvalue weighted by atomic mass is 16.5. The largest absolute Gasteiger partial charge is 0.493 e. The van der Waals surface area contributed by atoms with Crippen LogP contribution in [0.25, 0.3) is 0 Å². The summed E-state index contributed by atoms with van der Waals surface area (Å²) >= 11 is 0. The number of carbonyl (C=O) groups is 2. The van der Waals surface area contributed by atoms with Crippen LogP contribution in [0.3, 0.4) is 0 Å². The number of methoxy groups -OCH3 is 1. The molecule has 1 aliphatic heterocycles. The van der Waals surface area contributed by atoms with Gasteiger partial charge in [0, 0.05) is 24.7 Å². The Morgan fingerprint density at radius 1 is 1.30 bits per heavy atom. The number of esters is 1. The van der Waals surface area contributed by atoms with Crippen LogP contribution in [-0.4, -0.2) is 30.2 Å². The Hall–Kier alpha value is -3.29. The van der Waals surface area contributed by atoms with Gasteiger partial charge in [0.05, 0.1) is 19.1 Å². The van der Waals surface area contributed by atoms with Crippen molar-refractivity contribution in [3.8, 4) is 17.2 Å². The molecule has 0 unspecified atom stereocenters. The highest BCUT2D eigenvalue weighted by molar-refractivity contribution is 5.78. The zero-order chi connectivity index (χ0) is 19.7. The fraction of sp³-hybridized carbons (Fsp3) is 0.316. The number of benzene rings is 1. The molecule has 27 heavy (non-hydrogen) atoms. The third-order valence-corrected chi connectivity index (χ3v) is 4.57. The van der Waals surface area contributed by atoms with E-state index in [0.717, 1.165) is 0 Å². The molecule has 1 aromatic heterocycles. The van der Waals surface area contributed by atoms with Crippen LogP contribution in [0.15, 0.2) is 29.1 Å². The number of amides is 1. The van der Waals surface area contributed by atoms with E-state index in [9.17, 15) is 14.4 Å². The summed E-state index contributed by atoms with van der Waals surface area (Å²) in [5.74, 6) is -0.490. The van der Waals surface area contributed by atoms with Crippen molar-refractivity contribution in [1.29, 1.82) is 0 Å². The molecule has 0 fully saturated rings. The van der Waals surface area contributed by atoms with E-state index in [0.29, 0.717) is 28.3 Å². The van der Waals surface area contributed by atoms with Gasteiger partial charge in [-0.25, -0.2) is 0 Å². The first-order valence-electron chi connectivity index (χ1n) is 8.32. The lowest BCUT2D eigenvalue weighted by molar-refractivity contribution is -0.135. The van der Waals surface area contributed by atoms with E-state index in [1.165, 1.54) is 11.7 Å². The molecule has 2 heterocycles. The number of hydrogen-bond donors (Lipinski definition) is 1. The number of ether oxygens (including phenoxy) is 3. The third kappa shape index (κ3) is 3.51. The molecule has 142 valence electrons. The van der Waals surface area contributed by atoms with Crippen LogP contribution >= 0.6 is 0 Å². The van der Waals surface area contributed by atoms with Crippen LogP contribution in [0.5, 0.6) is 17.2 Å². The summed E-state index contributed by atoms with van der Waals surface area (Å²) in [6, 6.07) is 6.71. The second-order valence-corrected chi connectivity index (χ2v) is 6.32. The first-order chi connectivity index (χ1) is 12.8. The maximum Gasteiger partial charge on any atom is 0.312 e. The van der Waals surface area contributed by atoms with Gasteiger partial charge in [0.25, 0.3) is 11.5 Å². The Morgan fingerprint density at radius 2 is 2.04 bits per heavy atom. The highest BCUT2D eigenvalue weighted by Crippen LogP contribution is 2.39. The first-order valence-corrected chi connectivity index (χ1v) is 8.32. The van der Waals surface area contributed by atoms with E-state index in [-0.39, 0.29) is 24.3 Å². The van der Waals surface area contributed by atoms with Gasteiger partial charge in [0.1, 0.15) is 5.75 Å². The van der Waals surface area contributed by atoms with Crippen molar-refractivity contribution in [3.63, 3.8) is 0 Å². The molecule has 8 heteroatoms. The van der Waals surface area contributed by atoms with Crippen molar-refractivity contribution < 1.29 is 23.8 Å². The fourth-order valence-corrected chi connectivity index (χ4v) is 3.10. The highest BCUT2D eigenvalue weighted by Gasteiger charge is 2.32. The number of fused-ring (bicyclic) bond motifs is 1. The lowest BCUT2D eigenvalue weighted by Crippen LogP contribution is -2.32. The number of nitrogens with two attached hydrogens (primary N) is 1. The number of hydrogen-bond acceptors (Lipinski definition) is 6. The molecule has 0 bridgehead atoms. The SMILES string of the molecule is COc1cc([C@@H]2CC(=O)Oc3cc(C)n(C)c(=O)c32)ccc1OCC(N)=O. The minimum atomic E-state index is -0.607. The summed E-state index contributed by atoms with van der Waals surface area (Å²) in [5.41, 5.74) is 6.71. The third-order valence-electron chi connectivity index (χ3n) is 4.57. The lowest BCUT2D eigenvalue weighted by Gasteiger charge is -2.26. The van der Waals surface area contributed by atoms with Gasteiger partial charge in [-0.15, -0.1) is 0 Å². The molecule has 0 radical (unpaired) electrons. The number of carbonyl (C=O) groups excluding carboxylic acids is 2. The molecule has 0 saturated carbocycles. The van der Waals surface area contributed by atoms with Crippen LogP contribution in [0.1, 0.15) is 29.2 Å². The summed E-state index contributed by atoms with van der Waals surface area (Å²) < 4.78 is 17.5. The van der Waals surface area contributed by atoms with E-state index in [4.69, 9.17) is 19.9 Å². The molecular formula is C19H20N2O6. The molecular weight excluding hydrogens is 352 g/mol. The second kappa shape index (κ2) is 7.14. The normalized spacial score (nSPS) is 15.7. The average Bonchev–Trinajstić information content (AvgIpc) is 2.63. The number of aryl methyl sites for hydroxylation is 1. The maximum atomic E-state index is 12.8. The molecule has 2 aromatic rings. The smallest absolute Gasteiger partial charge is 0.312 e. The van der Waals surface area contributed by atoms with Crippen LogP contribution in [-0.2, 0) is 16.6 Å². The number of primary amides is 1. The van der Waals surface area contributed by atoms with E-state index < -0.39 is 17.8 Å². The van der Waals surface area contributed by atoms with E-state index in [1.807, 2.05) is 0 Å². The molecule has 0 spiro atoms. The fourth-order valence-electron chi connectivity index (χ4n) is 3.10. The van der Waals surface area contributed by atoms with Crippen LogP contribution in [0.4, 0.5) is 0 Å². The minimum absolute atomic E-state index is 0.0376. The van der Waals surface area contributed by atoms with E-state index in [2.05, 4.69) is 0 Å². The topological polar surface area (TPSA) is 110 Å². The van der Waals surface area contributed by atoms with Crippen molar-refractivity contribution in [2.24, 2.45) is 12.8 Å². The molecule has 2 N–H and O–H groups in total. The Balaban J connectivity index is 2.07. The number of pyridine rings is 1. The Kier molecular flexibility index (Phi) is 4.89. The zero-order valence-corrected chi connectivity index (χ0v) is 15.3. The van der Waals surface area contributed by atoms with Gasteiger partial charge in [-0.2, -0.15) is 0 Å². The molecule has 1 aliphatic rings. The van der Waals surface area contributed by atoms with Crippen molar-refractivity contribution >= 4 is 11.9 Å². The molecule has 0 aliphatic carbocycles. The maximum absolute atomic E-state index is 12.8. The van der Waals surface area contributed by atoms with Gasteiger partial charge in [-0.3, -0.25) is 14.4 Å². The van der Waals surface area contributed by atoms with Gasteiger partial charge < -0.3 is 24.5 Å². The van der Waals surface area contributed by atoms with Crippen LogP contribution in [0, 0.1) is 6.92 Å². The van der Waals surface area contributed by atoms with Gasteiger partial charge >= 0.3 is 5.97 Å². The average molecular weight is 372 g/mol. The molecule has 8 nitrogen and oxygen atoms in total. The van der Waals surface area contributed by atoms with E-state index >= 15 is 0 Å². The van der Waals surface area contributed by atoms with Crippen molar-refractivity contribution in [3.05, 3.63) is 51.4 Å². The van der Waals surface area contributed by atoms with Gasteiger partial charge in [-0.05, 0) is 24.6 Å². The summed E-state index contributed by atoms with van der Waals surface area (Å²) in [6.07, 6.45) is 0.0376. The summed E-state index contributed by atoms with van der Waals surface area (Å²) in [5, 5.41) is 0. The minimum Gasteiger partial charge on any atom is -0.493 e. The first kappa shape index (κ1) is 18.5. The quantitative estimate of drug-likeness (QED) is 0.785. The van der Waals surface area contributed by atoms with Crippen LogP contribution in [0.2, 0.25) is 0 Å². The molecule has 3 rings (SSSR count). The Bertz CT molecular complexity index is 979. The predicted octanol–water partition coefficient (Wildman–Crippen LogP) is 1.01. The summed E-state index contributed by atoms with van der Waals surface area (Å²) in [6.45, 7) is 1.49. The molecule has 1 atom stereocenters. The predicted molar refractivity (Wildman–Crippen MR) is 96.2 cm³/mol. The van der Waals surface area contributed by atoms with Gasteiger partial charge in [-0.1, -0.05) is 6.07 Å². The lowest BCUT2D eigenvalue weighted by atomic mass is 9.86. The van der Waals surface area contributed by atoms with Crippen molar-refractivity contribution in [2.45, 2.75) is 19.3 Å². The number of rotatable bonds is 5. The van der Waals surface area contributed by atoms with Gasteiger partial charge in [0.2, 0.25) is 0 Å².